The third-order valence-electron chi connectivity index (χ3n) is 18.0. The number of carbonyl (C=O) groups is 10. The number of methoxy groups -OCH3 is 1. The van der Waals surface area contributed by atoms with Crippen molar-refractivity contribution in [3.05, 3.63) is 92.3 Å². The maximum absolute atomic E-state index is 12.3. The predicted octanol–water partition coefficient (Wildman–Crippen LogP) is 17.0. The van der Waals surface area contributed by atoms with Gasteiger partial charge in [-0.1, -0.05) is 213 Å². The summed E-state index contributed by atoms with van der Waals surface area (Å²) in [6, 6.07) is 0. The van der Waals surface area contributed by atoms with Crippen LogP contribution in [-0.2, 0) is 62.2 Å². The van der Waals surface area contributed by atoms with Crippen LogP contribution in [0.25, 0.3) is 0 Å². The molecule has 0 unspecified atom stereocenters. The molecule has 0 spiro atoms. The van der Waals surface area contributed by atoms with Crippen LogP contribution in [0.3, 0.4) is 0 Å². The lowest BCUT2D eigenvalue weighted by atomic mass is 9.92. The van der Waals surface area contributed by atoms with Gasteiger partial charge in [0.15, 0.2) is 5.76 Å². The summed E-state index contributed by atoms with van der Waals surface area (Å²) < 4.78 is 14.5. The number of aliphatic hydroxyl groups excluding tert-OH is 3. The van der Waals surface area contributed by atoms with Gasteiger partial charge in [-0.2, -0.15) is 0 Å². The third-order valence-corrected chi connectivity index (χ3v) is 18.0. The number of ketones is 8. The Balaban J connectivity index is 0.000000684. The van der Waals surface area contributed by atoms with Crippen molar-refractivity contribution >= 4 is 59.2 Å². The van der Waals surface area contributed by atoms with E-state index in [0.29, 0.717) is 79.8 Å². The lowest BCUT2D eigenvalue weighted by Crippen LogP contribution is -2.28. The van der Waals surface area contributed by atoms with Gasteiger partial charge in [-0.3, -0.25) is 47.9 Å². The van der Waals surface area contributed by atoms with Crippen LogP contribution < -0.4 is 10.6 Å². The van der Waals surface area contributed by atoms with E-state index in [2.05, 4.69) is 36.1 Å². The van der Waals surface area contributed by atoms with Gasteiger partial charge in [0.1, 0.15) is 22.9 Å². The SMILES string of the molecule is CCCCCCCCCCCCCC1=C(O)C(C)=CC(=O)C1=O.CCCCCCCCCCCCCC1=C(O)C(NCCCCC(C)(C)OC=O)=CC(=O)C1=O.CCCCCCCCCCCCCC1=C(O)C(NCCCOC=O)=CC(=O)C1=O.COC1=C(C)C(=O)C(N(C)C)=CC1=O. The number of nitrogens with one attached hydrogen (secondary N) is 2. The Morgan fingerprint density at radius 3 is 1.11 bits per heavy atom. The van der Waals surface area contributed by atoms with E-state index in [0.717, 1.165) is 76.7 Å². The van der Waals surface area contributed by atoms with Crippen molar-refractivity contribution in [2.45, 2.75) is 311 Å². The second-order valence-corrected chi connectivity index (χ2v) is 27.2. The minimum Gasteiger partial charge on any atom is -0.507 e. The van der Waals surface area contributed by atoms with Crippen molar-refractivity contribution in [2.24, 2.45) is 0 Å². The average Bonchev–Trinajstić information content (AvgIpc) is 0.842. The number of hydrogen-bond donors (Lipinski definition) is 5. The van der Waals surface area contributed by atoms with E-state index in [9.17, 15) is 63.3 Å². The fraction of sp³-hybridized carbons (Fsp3) is 0.675. The van der Waals surface area contributed by atoms with Crippen LogP contribution in [0.1, 0.15) is 305 Å². The molecule has 0 aromatic heterocycles. The van der Waals surface area contributed by atoms with Crippen LogP contribution in [-0.4, -0.2) is 126 Å². The Morgan fingerprint density at radius 1 is 0.424 bits per heavy atom. The molecule has 19 heteroatoms. The number of carbonyl (C=O) groups excluding carboxylic acids is 10. The number of aliphatic hydroxyl groups is 3. The van der Waals surface area contributed by atoms with E-state index in [-0.39, 0.29) is 58.1 Å². The summed E-state index contributed by atoms with van der Waals surface area (Å²) in [6.07, 6.45) is 49.3. The van der Waals surface area contributed by atoms with Gasteiger partial charge in [0, 0.05) is 67.7 Å². The smallest absolute Gasteiger partial charge is 0.293 e. The molecule has 4 rings (SSSR count). The van der Waals surface area contributed by atoms with E-state index < -0.39 is 40.3 Å². The number of nitrogens with zero attached hydrogens (tertiary/aromatic N) is 1. The first-order chi connectivity index (χ1) is 47.5. The highest BCUT2D eigenvalue weighted by Gasteiger charge is 2.31. The number of rotatable bonds is 52. The first-order valence-electron chi connectivity index (χ1n) is 37.5. The molecule has 5 N–H and O–H groups in total. The molecule has 558 valence electrons. The van der Waals surface area contributed by atoms with Crippen LogP contribution in [0.2, 0.25) is 0 Å². The van der Waals surface area contributed by atoms with Gasteiger partial charge < -0.3 is 45.1 Å². The van der Waals surface area contributed by atoms with Crippen molar-refractivity contribution in [3.63, 3.8) is 0 Å². The van der Waals surface area contributed by atoms with Gasteiger partial charge in [-0.25, -0.2) is 0 Å². The van der Waals surface area contributed by atoms with E-state index in [1.165, 1.54) is 186 Å². The van der Waals surface area contributed by atoms with Crippen LogP contribution in [0.5, 0.6) is 0 Å². The van der Waals surface area contributed by atoms with E-state index >= 15 is 0 Å². The summed E-state index contributed by atoms with van der Waals surface area (Å²) >= 11 is 0. The van der Waals surface area contributed by atoms with Gasteiger partial charge in [0.2, 0.25) is 46.3 Å². The molecule has 0 radical (unpaired) electrons. The maximum Gasteiger partial charge on any atom is 0.293 e. The number of hydrogen-bond acceptors (Lipinski definition) is 19. The Hall–Kier alpha value is -7.18. The summed E-state index contributed by atoms with van der Waals surface area (Å²) in [5.41, 5.74) is 2.13. The number of unbranched alkanes of at least 4 members (excludes halogenated alkanes) is 31. The molecule has 0 saturated heterocycles. The Bertz CT molecular complexity index is 2810. The molecular formula is C80H127N3O16. The first kappa shape index (κ1) is 89.8. The molecule has 0 bridgehead atoms. The van der Waals surface area contributed by atoms with Crippen molar-refractivity contribution in [3.8, 4) is 0 Å². The summed E-state index contributed by atoms with van der Waals surface area (Å²) in [7, 11) is 4.84. The summed E-state index contributed by atoms with van der Waals surface area (Å²) in [6.45, 7) is 15.8. The quantitative estimate of drug-likeness (QED) is 0.0124. The molecule has 0 aliphatic heterocycles. The molecule has 0 saturated carbocycles. The summed E-state index contributed by atoms with van der Waals surface area (Å²) in [5.74, 6) is -3.88. The fourth-order valence-electron chi connectivity index (χ4n) is 11.9. The second kappa shape index (κ2) is 54.6. The monoisotopic (exact) mass is 1390 g/mol. The lowest BCUT2D eigenvalue weighted by Gasteiger charge is -2.22. The Kier molecular flexibility index (Phi) is 49.6. The Morgan fingerprint density at radius 2 is 0.768 bits per heavy atom. The molecule has 99 heavy (non-hydrogen) atoms. The molecule has 0 aromatic rings. The highest BCUT2D eigenvalue weighted by atomic mass is 16.5. The first-order valence-corrected chi connectivity index (χ1v) is 37.5. The van der Waals surface area contributed by atoms with Gasteiger partial charge in [-0.15, -0.1) is 0 Å². The van der Waals surface area contributed by atoms with Crippen molar-refractivity contribution in [1.82, 2.24) is 15.5 Å². The molecule has 4 aliphatic carbocycles. The van der Waals surface area contributed by atoms with Gasteiger partial charge in [-0.05, 0) is 104 Å². The summed E-state index contributed by atoms with van der Waals surface area (Å²) in [5, 5.41) is 36.9. The van der Waals surface area contributed by atoms with Crippen molar-refractivity contribution in [2.75, 3.05) is 40.9 Å². The molecule has 19 nitrogen and oxygen atoms in total. The topological polar surface area (TPSA) is 286 Å². The minimum atomic E-state index is -0.607. The zero-order valence-corrected chi connectivity index (χ0v) is 62.5. The van der Waals surface area contributed by atoms with Crippen molar-refractivity contribution < 1.29 is 77.5 Å². The number of ether oxygens (including phenoxy) is 3. The maximum atomic E-state index is 12.3. The number of likely N-dealkylation sites (N-methyl/N-ethyl adjacent to an activating group) is 1. The van der Waals surface area contributed by atoms with Crippen LogP contribution in [0, 0.1) is 0 Å². The van der Waals surface area contributed by atoms with E-state index in [4.69, 9.17) is 9.47 Å². The van der Waals surface area contributed by atoms with Gasteiger partial charge in [0.05, 0.1) is 30.8 Å². The zero-order chi connectivity index (χ0) is 73.8. The van der Waals surface area contributed by atoms with Crippen LogP contribution >= 0.6 is 0 Å². The zero-order valence-electron chi connectivity index (χ0n) is 62.5. The molecule has 4 aliphatic rings. The molecular weight excluding hydrogens is 1260 g/mol. The highest BCUT2D eigenvalue weighted by Crippen LogP contribution is 2.28. The number of Topliss-reactive ketones (excluding diaryl/α,β-unsaturated/α-hetero) is 4. The largest absolute Gasteiger partial charge is 0.507 e. The lowest BCUT2D eigenvalue weighted by molar-refractivity contribution is -0.141. The van der Waals surface area contributed by atoms with Crippen molar-refractivity contribution in [1.29, 1.82) is 0 Å². The molecule has 0 aromatic carbocycles. The van der Waals surface area contributed by atoms with Crippen LogP contribution in [0.15, 0.2) is 92.3 Å². The van der Waals surface area contributed by atoms with Gasteiger partial charge in [0.25, 0.3) is 12.9 Å². The molecule has 0 heterocycles. The van der Waals surface area contributed by atoms with E-state index in [1.54, 1.807) is 32.8 Å². The average molecular weight is 1390 g/mol. The predicted molar refractivity (Wildman–Crippen MR) is 391 cm³/mol. The number of allylic oxidation sites excluding steroid dienone is 9. The fourth-order valence-corrected chi connectivity index (χ4v) is 11.9. The van der Waals surface area contributed by atoms with Gasteiger partial charge >= 0.3 is 0 Å². The van der Waals surface area contributed by atoms with E-state index in [1.807, 2.05) is 13.8 Å². The summed E-state index contributed by atoms with van der Waals surface area (Å²) in [4.78, 5) is 117. The third kappa shape index (κ3) is 37.7. The highest BCUT2D eigenvalue weighted by molar-refractivity contribution is 6.49. The molecule has 0 atom stereocenters. The normalized spacial score (nSPS) is 14.9. The Labute approximate surface area is 593 Å². The molecule has 0 fully saturated rings. The standard InChI is InChI=1S/C27H45NO5.C23H37NO5.C20H32O3.C10H13NO3/c1-4-5-6-7-8-9-10-11-12-13-14-17-22-25(31)23(20-24(30)26(22)32)28-19-16-15-18-27(2,3)33-21-29;1-2-3-4-5-6-7-8-9-10-11-12-14-19-22(27)20(17-21(26)23(19)28)24-15-13-16-29-18-25;1-3-4-5-6-7-8-9-10-11-12-13-14-17-19(22)16(2)15-18(21)20(17)23;1-6-9(13)7(11(2)3)5-8(12)10(6)14-4/h20-21,28,31H,4-19H2,1-3H3;17-18,24,27H,2-16H2,1H3;15,22H,3-14H2,1-2H3;5H,1-4H3. The van der Waals surface area contributed by atoms with Crippen LogP contribution in [0.4, 0.5) is 0 Å². The molecule has 0 amide bonds. The second-order valence-electron chi connectivity index (χ2n) is 27.2. The minimum absolute atomic E-state index is 0.0154.